The highest BCUT2D eigenvalue weighted by Crippen LogP contribution is 2.43. The molecule has 2 bridgehead atoms. The van der Waals surface area contributed by atoms with Crippen LogP contribution in [0.4, 0.5) is 28.0 Å². The molecule has 2 atom stereocenters. The quantitative estimate of drug-likeness (QED) is 0.479. The summed E-state index contributed by atoms with van der Waals surface area (Å²) < 4.78 is 56.8. The lowest BCUT2D eigenvalue weighted by atomic mass is 9.99. The van der Waals surface area contributed by atoms with Gasteiger partial charge in [0.2, 0.25) is 5.88 Å². The van der Waals surface area contributed by atoms with Gasteiger partial charge in [-0.15, -0.1) is 0 Å². The first-order valence-electron chi connectivity index (χ1n) is 11.3. The van der Waals surface area contributed by atoms with Crippen LogP contribution in [0.3, 0.4) is 0 Å². The number of carbonyl (C=O) groups excluding carboxylic acids is 1. The van der Waals surface area contributed by atoms with Gasteiger partial charge in [-0.25, -0.2) is 19.3 Å². The van der Waals surface area contributed by atoms with E-state index in [0.29, 0.717) is 24.1 Å². The fraction of sp³-hybridized carbons (Fsp3) is 0.333. The molecule has 1 aromatic carbocycles. The van der Waals surface area contributed by atoms with E-state index in [2.05, 4.69) is 19.9 Å². The Morgan fingerprint density at radius 3 is 2.76 bits per heavy atom. The Kier molecular flexibility index (Phi) is 6.30. The summed E-state index contributed by atoms with van der Waals surface area (Å²) in [4.78, 5) is 31.8. The van der Waals surface area contributed by atoms with Crippen LogP contribution >= 0.6 is 11.6 Å². The Morgan fingerprint density at radius 2 is 2.05 bits per heavy atom. The second-order valence-electron chi connectivity index (χ2n) is 8.92. The van der Waals surface area contributed by atoms with E-state index < -0.39 is 24.6 Å². The highest BCUT2D eigenvalue weighted by molar-refractivity contribution is 6.33. The Balaban J connectivity index is 1.37. The number of nitrogens with zero attached hydrogens (tertiary/aromatic N) is 4. The third kappa shape index (κ3) is 4.85. The summed E-state index contributed by atoms with van der Waals surface area (Å²) in [6.45, 7) is -1.48. The predicted octanol–water partition coefficient (Wildman–Crippen LogP) is 4.88. The third-order valence-electron chi connectivity index (χ3n) is 6.53. The van der Waals surface area contributed by atoms with E-state index in [0.717, 1.165) is 18.1 Å². The Hall–Kier alpha value is -3.67. The van der Waals surface area contributed by atoms with Crippen molar-refractivity contribution in [1.29, 1.82) is 0 Å². The molecule has 5 rings (SSSR count). The molecule has 2 aliphatic heterocycles. The number of amides is 2. The summed E-state index contributed by atoms with van der Waals surface area (Å²) in [5.74, 6) is -0.962. The van der Waals surface area contributed by atoms with E-state index in [4.69, 9.17) is 11.6 Å². The van der Waals surface area contributed by atoms with Gasteiger partial charge in [-0.05, 0) is 43.0 Å². The minimum atomic E-state index is -4.50. The molecule has 13 heteroatoms. The zero-order valence-corrected chi connectivity index (χ0v) is 20.1. The van der Waals surface area contributed by atoms with Crippen LogP contribution in [0.25, 0.3) is 11.1 Å². The van der Waals surface area contributed by atoms with Gasteiger partial charge in [0, 0.05) is 42.5 Å². The van der Waals surface area contributed by atoms with Gasteiger partial charge in [0.1, 0.15) is 5.82 Å². The van der Waals surface area contributed by atoms with Gasteiger partial charge in [0.15, 0.2) is 6.61 Å². The van der Waals surface area contributed by atoms with Gasteiger partial charge in [0.05, 0.1) is 22.4 Å². The number of pyridine rings is 1. The van der Waals surface area contributed by atoms with Crippen molar-refractivity contribution in [3.8, 4) is 17.0 Å². The number of nitrogens with one attached hydrogen (secondary N) is 1. The van der Waals surface area contributed by atoms with Crippen molar-refractivity contribution >= 4 is 23.3 Å². The standard InChI is InChI=1S/C24H20ClF4N5O3/c1-33(23(36)34-14-3-4-18(34)22-13(6-14)7-20(35)31-32-22)19-9-16(25)15(8-17(19)26)12-2-5-21(30-10-12)37-11-24(27,28)29/h2,5,7-10,14,18H,3-4,6,11H2,1H3,(H,31,35)/t14-,18+/m0/s1. The number of hydrogen-bond acceptors (Lipinski definition) is 5. The number of carbonyl (C=O) groups is 1. The second kappa shape index (κ2) is 9.33. The Labute approximate surface area is 212 Å². The number of fused-ring (bicyclic) bond motifs is 4. The number of H-pyrrole nitrogens is 1. The van der Waals surface area contributed by atoms with Crippen molar-refractivity contribution in [2.24, 2.45) is 0 Å². The molecular formula is C24H20ClF4N5O3. The lowest BCUT2D eigenvalue weighted by Gasteiger charge is -2.37. The molecule has 0 saturated carbocycles. The maximum atomic E-state index is 15.2. The van der Waals surface area contributed by atoms with E-state index in [-0.39, 0.29) is 39.8 Å². The second-order valence-corrected chi connectivity index (χ2v) is 9.32. The van der Waals surface area contributed by atoms with Crippen molar-refractivity contribution in [1.82, 2.24) is 20.1 Å². The fourth-order valence-electron chi connectivity index (χ4n) is 4.87. The Bertz CT molecular complexity index is 1410. The maximum Gasteiger partial charge on any atom is 0.422 e. The fourth-order valence-corrected chi connectivity index (χ4v) is 5.14. The molecule has 2 aliphatic rings. The molecule has 0 aliphatic carbocycles. The van der Waals surface area contributed by atoms with Crippen LogP contribution in [0.1, 0.15) is 30.1 Å². The summed E-state index contributed by atoms with van der Waals surface area (Å²) in [5.41, 5.74) is 1.71. The van der Waals surface area contributed by atoms with Gasteiger partial charge >= 0.3 is 12.2 Å². The molecule has 4 heterocycles. The highest BCUT2D eigenvalue weighted by atomic mass is 35.5. The smallest absolute Gasteiger partial charge is 0.422 e. The monoisotopic (exact) mass is 537 g/mol. The van der Waals surface area contributed by atoms with Crippen molar-refractivity contribution in [3.05, 3.63) is 69.0 Å². The van der Waals surface area contributed by atoms with Crippen molar-refractivity contribution in [2.45, 2.75) is 37.5 Å². The zero-order valence-electron chi connectivity index (χ0n) is 19.4. The summed E-state index contributed by atoms with van der Waals surface area (Å²) in [6.07, 6.45) is -1.39. The molecule has 1 saturated heterocycles. The molecule has 1 N–H and O–H groups in total. The van der Waals surface area contributed by atoms with Crippen molar-refractivity contribution in [3.63, 3.8) is 0 Å². The number of ether oxygens (including phenoxy) is 1. The van der Waals surface area contributed by atoms with Crippen LogP contribution < -0.4 is 15.2 Å². The molecule has 1 fully saturated rings. The number of benzene rings is 1. The van der Waals surface area contributed by atoms with E-state index in [1.165, 1.54) is 42.4 Å². The summed E-state index contributed by atoms with van der Waals surface area (Å²) >= 11 is 6.41. The average molecular weight is 538 g/mol. The summed E-state index contributed by atoms with van der Waals surface area (Å²) in [7, 11) is 1.44. The first kappa shape index (κ1) is 25.0. The van der Waals surface area contributed by atoms with Crippen LogP contribution in [-0.4, -0.2) is 52.0 Å². The highest BCUT2D eigenvalue weighted by Gasteiger charge is 2.45. The molecule has 3 aromatic rings. The molecule has 0 unspecified atom stereocenters. The maximum absolute atomic E-state index is 15.2. The van der Waals surface area contributed by atoms with E-state index in [1.54, 1.807) is 4.90 Å². The molecule has 37 heavy (non-hydrogen) atoms. The van der Waals surface area contributed by atoms with Crippen LogP contribution in [-0.2, 0) is 6.42 Å². The lowest BCUT2D eigenvalue weighted by Crippen LogP contribution is -2.48. The summed E-state index contributed by atoms with van der Waals surface area (Å²) in [5, 5.41) is 6.69. The molecular weight excluding hydrogens is 518 g/mol. The number of aromatic nitrogens is 3. The van der Waals surface area contributed by atoms with Crippen LogP contribution in [0.15, 0.2) is 41.3 Å². The predicted molar refractivity (Wildman–Crippen MR) is 126 cm³/mol. The number of halogens is 5. The van der Waals surface area contributed by atoms with Gasteiger partial charge in [-0.3, -0.25) is 9.69 Å². The van der Waals surface area contributed by atoms with Crippen LogP contribution in [0.2, 0.25) is 5.02 Å². The molecule has 8 nitrogen and oxygen atoms in total. The first-order chi connectivity index (χ1) is 17.5. The Morgan fingerprint density at radius 1 is 1.27 bits per heavy atom. The van der Waals surface area contributed by atoms with Gasteiger partial charge in [-0.2, -0.15) is 18.3 Å². The van der Waals surface area contributed by atoms with Crippen LogP contribution in [0, 0.1) is 5.82 Å². The first-order valence-corrected chi connectivity index (χ1v) is 11.7. The van der Waals surface area contributed by atoms with Gasteiger partial charge < -0.3 is 9.64 Å². The topological polar surface area (TPSA) is 91.4 Å². The third-order valence-corrected chi connectivity index (χ3v) is 6.84. The number of rotatable bonds is 4. The normalized spacial score (nSPS) is 18.5. The minimum absolute atomic E-state index is 0.0449. The summed E-state index contributed by atoms with van der Waals surface area (Å²) in [6, 6.07) is 5.69. The van der Waals surface area contributed by atoms with Crippen molar-refractivity contribution < 1.29 is 27.1 Å². The number of hydrogen-bond donors (Lipinski definition) is 1. The van der Waals surface area contributed by atoms with E-state index >= 15 is 4.39 Å². The molecule has 0 radical (unpaired) electrons. The zero-order chi connectivity index (χ0) is 26.5. The van der Waals surface area contributed by atoms with Crippen LogP contribution in [0.5, 0.6) is 5.88 Å². The largest absolute Gasteiger partial charge is 0.468 e. The number of urea groups is 1. The number of aromatic amines is 1. The molecule has 2 amide bonds. The van der Waals surface area contributed by atoms with E-state index in [9.17, 15) is 22.8 Å². The lowest BCUT2D eigenvalue weighted by molar-refractivity contribution is -0.154. The SMILES string of the molecule is CN(C(=O)N1[C@H]2CC[C@@H]1c1n[nH]c(=O)cc1C2)c1cc(Cl)c(-c2ccc(OCC(F)(F)F)nc2)cc1F. The average Bonchev–Trinajstić information content (AvgIpc) is 3.17. The molecule has 194 valence electrons. The molecule has 2 aromatic heterocycles. The van der Waals surface area contributed by atoms with Gasteiger partial charge in [-0.1, -0.05) is 11.6 Å². The number of anilines is 1. The van der Waals surface area contributed by atoms with Gasteiger partial charge in [0.25, 0.3) is 5.56 Å². The minimum Gasteiger partial charge on any atom is -0.468 e. The number of alkyl halides is 3. The van der Waals surface area contributed by atoms with E-state index in [1.807, 2.05) is 0 Å². The van der Waals surface area contributed by atoms with Crippen molar-refractivity contribution in [2.75, 3.05) is 18.6 Å². The molecule has 0 spiro atoms.